The van der Waals surface area contributed by atoms with E-state index in [1.165, 1.54) is 66.4 Å². The second-order valence-electron chi connectivity index (χ2n) is 11.4. The van der Waals surface area contributed by atoms with Crippen molar-refractivity contribution in [2.75, 3.05) is 49.6 Å². The quantitative estimate of drug-likeness (QED) is 0.447. The van der Waals surface area contributed by atoms with Crippen LogP contribution in [-0.4, -0.2) is 61.9 Å². The highest BCUT2D eigenvalue weighted by Gasteiger charge is 2.35. The predicted octanol–water partition coefficient (Wildman–Crippen LogP) is 4.36. The highest BCUT2D eigenvalue weighted by atomic mass is 16.5. The van der Waals surface area contributed by atoms with E-state index in [0.29, 0.717) is 24.5 Å². The summed E-state index contributed by atoms with van der Waals surface area (Å²) < 4.78 is 5.56. The fourth-order valence-electron chi connectivity index (χ4n) is 6.77. The first kappa shape index (κ1) is 26.8. The van der Waals surface area contributed by atoms with Crippen LogP contribution in [-0.2, 0) is 19.4 Å². The fourth-order valence-corrected chi connectivity index (χ4v) is 6.77. The van der Waals surface area contributed by atoms with Crippen LogP contribution in [0.4, 0.5) is 11.5 Å². The van der Waals surface area contributed by atoms with Crippen LogP contribution in [0.2, 0.25) is 0 Å². The molecule has 5 heterocycles. The zero-order chi connectivity index (χ0) is 27.3. The van der Waals surface area contributed by atoms with Gasteiger partial charge in [-0.25, -0.2) is 0 Å². The van der Waals surface area contributed by atoms with Crippen molar-refractivity contribution in [2.24, 2.45) is 0 Å². The summed E-state index contributed by atoms with van der Waals surface area (Å²) in [6, 6.07) is 16.9. The third-order valence-electron chi connectivity index (χ3n) is 8.72. The molecule has 2 bridgehead atoms. The van der Waals surface area contributed by atoms with E-state index in [4.69, 9.17) is 20.0 Å². The second-order valence-corrected chi connectivity index (χ2v) is 11.4. The SMILES string of the molecule is C1CCNC1.COc1nc2c(c(N3CC4CCC(C3)N4)n1)CCN(c1cccc3cccc(CCCC#N)c13)C2. The van der Waals surface area contributed by atoms with Crippen LogP contribution in [0.5, 0.6) is 6.01 Å². The number of ether oxygens (including phenoxy) is 1. The molecule has 3 saturated heterocycles. The summed E-state index contributed by atoms with van der Waals surface area (Å²) in [6.07, 6.45) is 8.57. The number of nitrogens with one attached hydrogen (secondary N) is 2. The number of methoxy groups -OCH3 is 1. The smallest absolute Gasteiger partial charge is 0.318 e. The Morgan fingerprint density at radius 3 is 2.50 bits per heavy atom. The monoisotopic (exact) mass is 539 g/mol. The minimum atomic E-state index is 0.460. The van der Waals surface area contributed by atoms with E-state index in [1.54, 1.807) is 7.11 Å². The van der Waals surface area contributed by atoms with Gasteiger partial charge in [-0.1, -0.05) is 30.3 Å². The van der Waals surface area contributed by atoms with Crippen LogP contribution < -0.4 is 25.2 Å². The van der Waals surface area contributed by atoms with E-state index in [2.05, 4.69) is 62.9 Å². The van der Waals surface area contributed by atoms with Gasteiger partial charge in [0.15, 0.2) is 0 Å². The number of hydrogen-bond acceptors (Lipinski definition) is 8. The Morgan fingerprint density at radius 1 is 1.02 bits per heavy atom. The molecule has 0 saturated carbocycles. The van der Waals surface area contributed by atoms with Gasteiger partial charge in [0.1, 0.15) is 5.82 Å². The van der Waals surface area contributed by atoms with Crippen molar-refractivity contribution in [3.63, 3.8) is 0 Å². The van der Waals surface area contributed by atoms with Gasteiger partial charge in [-0.3, -0.25) is 0 Å². The van der Waals surface area contributed by atoms with Crippen LogP contribution in [0.3, 0.4) is 0 Å². The Hall–Kier alpha value is -3.41. The van der Waals surface area contributed by atoms with E-state index in [0.717, 1.165) is 57.0 Å². The van der Waals surface area contributed by atoms with Crippen molar-refractivity contribution in [1.29, 1.82) is 5.26 Å². The molecular weight excluding hydrogens is 498 g/mol. The molecule has 4 aliphatic heterocycles. The molecule has 7 rings (SSSR count). The Bertz CT molecular complexity index is 1340. The number of hydrogen-bond donors (Lipinski definition) is 2. The highest BCUT2D eigenvalue weighted by Crippen LogP contribution is 2.36. The van der Waals surface area contributed by atoms with Gasteiger partial charge in [0.25, 0.3) is 0 Å². The van der Waals surface area contributed by atoms with E-state index >= 15 is 0 Å². The standard InChI is InChI=1S/C28H32N6O.C4H9N/c1-35-28-31-24-18-33(15-13-23(24)27(32-28)34-16-21-11-12-22(17-34)30-21)25-10-5-9-20-8-4-7-19(26(20)25)6-2-3-14-29;1-2-4-5-3-1/h4-5,7-10,21-22,30H,2-3,6,11-13,15-18H2,1H3;5H,1-4H2. The molecule has 2 unspecified atom stereocenters. The Morgan fingerprint density at radius 2 is 1.80 bits per heavy atom. The maximum absolute atomic E-state index is 9.01. The number of aromatic nitrogens is 2. The van der Waals surface area contributed by atoms with Crippen LogP contribution in [0.1, 0.15) is 55.3 Å². The number of nitriles is 1. The molecule has 8 nitrogen and oxygen atoms in total. The number of piperazine rings is 1. The number of aryl methyl sites for hydroxylation is 1. The van der Waals surface area contributed by atoms with Gasteiger partial charge in [-0.2, -0.15) is 15.2 Å². The average molecular weight is 540 g/mol. The van der Waals surface area contributed by atoms with Crippen molar-refractivity contribution in [2.45, 2.75) is 70.0 Å². The summed E-state index contributed by atoms with van der Waals surface area (Å²) >= 11 is 0. The fraction of sp³-hybridized carbons (Fsp3) is 0.531. The molecule has 0 amide bonds. The minimum absolute atomic E-state index is 0.460. The van der Waals surface area contributed by atoms with Gasteiger partial charge >= 0.3 is 6.01 Å². The summed E-state index contributed by atoms with van der Waals surface area (Å²) in [5.41, 5.74) is 4.91. The largest absolute Gasteiger partial charge is 0.467 e. The number of benzene rings is 2. The molecule has 210 valence electrons. The molecule has 2 aromatic carbocycles. The van der Waals surface area contributed by atoms with E-state index < -0.39 is 0 Å². The highest BCUT2D eigenvalue weighted by molar-refractivity contribution is 5.97. The van der Waals surface area contributed by atoms with Gasteiger partial charge < -0.3 is 25.2 Å². The van der Waals surface area contributed by atoms with Crippen molar-refractivity contribution in [1.82, 2.24) is 20.6 Å². The predicted molar refractivity (Wildman–Crippen MR) is 160 cm³/mol. The number of fused-ring (bicyclic) bond motifs is 4. The van der Waals surface area contributed by atoms with Gasteiger partial charge in [0.05, 0.1) is 25.4 Å². The molecule has 2 atom stereocenters. The molecule has 40 heavy (non-hydrogen) atoms. The first-order valence-electron chi connectivity index (χ1n) is 15.0. The molecule has 0 aliphatic carbocycles. The van der Waals surface area contributed by atoms with Crippen molar-refractivity contribution in [3.8, 4) is 12.1 Å². The molecule has 1 aromatic heterocycles. The number of nitrogens with zero attached hydrogens (tertiary/aromatic N) is 5. The molecule has 0 radical (unpaired) electrons. The van der Waals surface area contributed by atoms with Crippen molar-refractivity contribution < 1.29 is 4.74 Å². The third-order valence-corrected chi connectivity index (χ3v) is 8.72. The third kappa shape index (κ3) is 5.72. The summed E-state index contributed by atoms with van der Waals surface area (Å²) in [6.45, 7) is 6.18. The Kier molecular flexibility index (Phi) is 8.31. The normalized spacial score (nSPS) is 21.5. The van der Waals surface area contributed by atoms with Gasteiger partial charge in [0, 0.05) is 54.8 Å². The Labute approximate surface area is 237 Å². The molecule has 0 spiro atoms. The van der Waals surface area contributed by atoms with Gasteiger partial charge in [-0.15, -0.1) is 0 Å². The lowest BCUT2D eigenvalue weighted by molar-refractivity contribution is 0.374. The first-order valence-corrected chi connectivity index (χ1v) is 15.0. The lowest BCUT2D eigenvalue weighted by Crippen LogP contribution is -2.52. The molecule has 2 N–H and O–H groups in total. The van der Waals surface area contributed by atoms with Crippen LogP contribution in [0, 0.1) is 11.3 Å². The number of unbranched alkanes of at least 4 members (excludes halogenated alkanes) is 1. The zero-order valence-electron chi connectivity index (χ0n) is 23.7. The maximum atomic E-state index is 9.01. The second kappa shape index (κ2) is 12.4. The maximum Gasteiger partial charge on any atom is 0.318 e. The average Bonchev–Trinajstić information content (AvgIpc) is 3.69. The minimum Gasteiger partial charge on any atom is -0.467 e. The van der Waals surface area contributed by atoms with Crippen LogP contribution in [0.25, 0.3) is 10.8 Å². The molecular formula is C32H41N7O. The van der Waals surface area contributed by atoms with Crippen molar-refractivity contribution >= 4 is 22.3 Å². The van der Waals surface area contributed by atoms with E-state index in [9.17, 15) is 0 Å². The summed E-state index contributed by atoms with van der Waals surface area (Å²) in [4.78, 5) is 14.6. The topological polar surface area (TPSA) is 89.3 Å². The van der Waals surface area contributed by atoms with Crippen LogP contribution >= 0.6 is 0 Å². The van der Waals surface area contributed by atoms with Crippen LogP contribution in [0.15, 0.2) is 36.4 Å². The summed E-state index contributed by atoms with van der Waals surface area (Å²) in [7, 11) is 1.66. The summed E-state index contributed by atoms with van der Waals surface area (Å²) in [5.74, 6) is 1.07. The molecule has 3 fully saturated rings. The molecule has 8 heteroatoms. The van der Waals surface area contributed by atoms with E-state index in [-0.39, 0.29) is 0 Å². The number of rotatable bonds is 6. The molecule has 3 aromatic rings. The number of anilines is 2. The Balaban J connectivity index is 0.000000523. The molecule has 4 aliphatic rings. The lowest BCUT2D eigenvalue weighted by atomic mass is 9.96. The van der Waals surface area contributed by atoms with Gasteiger partial charge in [0.2, 0.25) is 0 Å². The summed E-state index contributed by atoms with van der Waals surface area (Å²) in [5, 5.41) is 18.5. The van der Waals surface area contributed by atoms with Gasteiger partial charge in [-0.05, 0) is 75.1 Å². The van der Waals surface area contributed by atoms with E-state index in [1.807, 2.05) is 0 Å². The van der Waals surface area contributed by atoms with Crippen molar-refractivity contribution in [3.05, 3.63) is 53.2 Å². The lowest BCUT2D eigenvalue weighted by Gasteiger charge is -2.37. The zero-order valence-corrected chi connectivity index (χ0v) is 23.7. The first-order chi connectivity index (χ1) is 19.7.